The molecule has 1 atom stereocenters. The Labute approximate surface area is 125 Å². The van der Waals surface area contributed by atoms with Gasteiger partial charge in [-0.2, -0.15) is 0 Å². The maximum atomic E-state index is 12.4. The van der Waals surface area contributed by atoms with E-state index in [0.717, 1.165) is 31.4 Å². The van der Waals surface area contributed by atoms with E-state index in [1.165, 1.54) is 12.5 Å². The number of amides is 2. The van der Waals surface area contributed by atoms with Gasteiger partial charge in [-0.05, 0) is 50.5 Å². The predicted octanol–water partition coefficient (Wildman–Crippen LogP) is 3.49. The van der Waals surface area contributed by atoms with E-state index < -0.39 is 5.97 Å². The monoisotopic (exact) mass is 290 g/mol. The zero-order valence-electron chi connectivity index (χ0n) is 12.6. The van der Waals surface area contributed by atoms with Gasteiger partial charge in [0.05, 0.1) is 5.56 Å². The second-order valence-corrected chi connectivity index (χ2v) is 5.66. The minimum Gasteiger partial charge on any atom is -0.478 e. The number of carbonyl (C=O) groups excluding carboxylic acids is 1. The third-order valence-corrected chi connectivity index (χ3v) is 4.03. The number of hydrogen-bond acceptors (Lipinski definition) is 2. The standard InChI is InChI=1S/C16H22N2O3/c1-11-10-13(15(19)20)7-8-14(11)17-16(21)18-9-5-3-4-6-12(18)2/h7-8,10,12H,3-6,9H2,1-2H3,(H,17,21)(H,19,20). The Hall–Kier alpha value is -2.04. The SMILES string of the molecule is Cc1cc(C(=O)O)ccc1NC(=O)N1CCCCCC1C. The second-order valence-electron chi connectivity index (χ2n) is 5.66. The van der Waals surface area contributed by atoms with E-state index in [1.54, 1.807) is 19.1 Å². The van der Waals surface area contributed by atoms with Crippen LogP contribution in [0.2, 0.25) is 0 Å². The zero-order chi connectivity index (χ0) is 15.4. The van der Waals surface area contributed by atoms with Crippen LogP contribution < -0.4 is 5.32 Å². The number of urea groups is 1. The third-order valence-electron chi connectivity index (χ3n) is 4.03. The Morgan fingerprint density at radius 1 is 1.29 bits per heavy atom. The summed E-state index contributed by atoms with van der Waals surface area (Å²) >= 11 is 0. The second kappa shape index (κ2) is 6.61. The van der Waals surface area contributed by atoms with Crippen molar-refractivity contribution >= 4 is 17.7 Å². The van der Waals surface area contributed by atoms with Crippen LogP contribution in [-0.2, 0) is 0 Å². The molecule has 5 nitrogen and oxygen atoms in total. The van der Waals surface area contributed by atoms with Crippen LogP contribution in [0.1, 0.15) is 48.5 Å². The summed E-state index contributed by atoms with van der Waals surface area (Å²) in [6.45, 7) is 4.65. The van der Waals surface area contributed by atoms with Crippen molar-refractivity contribution in [1.29, 1.82) is 0 Å². The van der Waals surface area contributed by atoms with Gasteiger partial charge >= 0.3 is 12.0 Å². The highest BCUT2D eigenvalue weighted by atomic mass is 16.4. The van der Waals surface area contributed by atoms with Crippen LogP contribution in [0, 0.1) is 6.92 Å². The van der Waals surface area contributed by atoms with Crippen LogP contribution in [0.3, 0.4) is 0 Å². The fourth-order valence-electron chi connectivity index (χ4n) is 2.70. The molecular formula is C16H22N2O3. The zero-order valence-corrected chi connectivity index (χ0v) is 12.6. The number of rotatable bonds is 2. The first-order valence-corrected chi connectivity index (χ1v) is 7.40. The molecule has 1 aliphatic rings. The van der Waals surface area contributed by atoms with Crippen LogP contribution in [0.5, 0.6) is 0 Å². The highest BCUT2D eigenvalue weighted by Gasteiger charge is 2.22. The first-order chi connectivity index (χ1) is 9.99. The van der Waals surface area contributed by atoms with E-state index in [1.807, 2.05) is 4.90 Å². The fourth-order valence-corrected chi connectivity index (χ4v) is 2.70. The molecule has 0 bridgehead atoms. The number of likely N-dealkylation sites (tertiary alicyclic amines) is 1. The number of aryl methyl sites for hydroxylation is 1. The molecule has 0 aliphatic carbocycles. The number of carboxylic acid groups (broad SMARTS) is 1. The number of anilines is 1. The van der Waals surface area contributed by atoms with Crippen molar-refractivity contribution in [3.63, 3.8) is 0 Å². The quantitative estimate of drug-likeness (QED) is 0.876. The first-order valence-electron chi connectivity index (χ1n) is 7.40. The Bertz CT molecular complexity index is 542. The maximum Gasteiger partial charge on any atom is 0.335 e. The van der Waals surface area contributed by atoms with Gasteiger partial charge in [-0.15, -0.1) is 0 Å². The largest absolute Gasteiger partial charge is 0.478 e. The van der Waals surface area contributed by atoms with Crippen molar-refractivity contribution in [2.24, 2.45) is 0 Å². The molecule has 1 saturated heterocycles. The van der Waals surface area contributed by atoms with Gasteiger partial charge in [-0.1, -0.05) is 12.8 Å². The maximum absolute atomic E-state index is 12.4. The van der Waals surface area contributed by atoms with Crippen LogP contribution in [0.15, 0.2) is 18.2 Å². The van der Waals surface area contributed by atoms with Crippen LogP contribution in [0.25, 0.3) is 0 Å². The average molecular weight is 290 g/mol. The van der Waals surface area contributed by atoms with Crippen molar-refractivity contribution in [2.75, 3.05) is 11.9 Å². The van der Waals surface area contributed by atoms with Gasteiger partial charge in [-0.25, -0.2) is 9.59 Å². The number of nitrogens with zero attached hydrogens (tertiary/aromatic N) is 1. The normalized spacial score (nSPS) is 19.0. The Kier molecular flexibility index (Phi) is 4.83. The molecular weight excluding hydrogens is 268 g/mol. The smallest absolute Gasteiger partial charge is 0.335 e. The van der Waals surface area contributed by atoms with Crippen molar-refractivity contribution in [3.05, 3.63) is 29.3 Å². The summed E-state index contributed by atoms with van der Waals surface area (Å²) in [7, 11) is 0. The highest BCUT2D eigenvalue weighted by molar-refractivity contribution is 5.92. The summed E-state index contributed by atoms with van der Waals surface area (Å²) in [5, 5.41) is 11.9. The van der Waals surface area contributed by atoms with Gasteiger partial charge in [0.1, 0.15) is 0 Å². The lowest BCUT2D eigenvalue weighted by atomic mass is 10.1. The molecule has 1 aliphatic heterocycles. The summed E-state index contributed by atoms with van der Waals surface area (Å²) in [5.74, 6) is -0.961. The molecule has 0 spiro atoms. The first kappa shape index (κ1) is 15.4. The topological polar surface area (TPSA) is 69.6 Å². The molecule has 1 unspecified atom stereocenters. The molecule has 2 rings (SSSR count). The van der Waals surface area contributed by atoms with Crippen molar-refractivity contribution in [3.8, 4) is 0 Å². The minimum atomic E-state index is -0.961. The molecule has 1 aromatic carbocycles. The molecule has 5 heteroatoms. The molecule has 2 amide bonds. The summed E-state index contributed by atoms with van der Waals surface area (Å²) in [5.41, 5.74) is 1.65. The van der Waals surface area contributed by atoms with Gasteiger partial charge < -0.3 is 15.3 Å². The summed E-state index contributed by atoms with van der Waals surface area (Å²) < 4.78 is 0. The molecule has 0 aromatic heterocycles. The Morgan fingerprint density at radius 2 is 2.05 bits per heavy atom. The van der Waals surface area contributed by atoms with Crippen molar-refractivity contribution in [1.82, 2.24) is 4.90 Å². The lowest BCUT2D eigenvalue weighted by Crippen LogP contribution is -2.41. The lowest BCUT2D eigenvalue weighted by molar-refractivity contribution is 0.0697. The van der Waals surface area contributed by atoms with Crippen molar-refractivity contribution < 1.29 is 14.7 Å². The third kappa shape index (κ3) is 3.74. The van der Waals surface area contributed by atoms with Gasteiger partial charge in [0.2, 0.25) is 0 Å². The molecule has 2 N–H and O–H groups in total. The van der Waals surface area contributed by atoms with Gasteiger partial charge in [0.15, 0.2) is 0 Å². The minimum absolute atomic E-state index is 0.101. The average Bonchev–Trinajstić information content (AvgIpc) is 2.65. The molecule has 114 valence electrons. The van der Waals surface area contributed by atoms with Crippen molar-refractivity contribution in [2.45, 2.75) is 45.6 Å². The molecule has 0 saturated carbocycles. The molecule has 1 heterocycles. The van der Waals surface area contributed by atoms with E-state index in [0.29, 0.717) is 5.69 Å². The van der Waals surface area contributed by atoms with E-state index in [2.05, 4.69) is 12.2 Å². The summed E-state index contributed by atoms with van der Waals surface area (Å²) in [6, 6.07) is 4.88. The molecule has 21 heavy (non-hydrogen) atoms. The number of carbonyl (C=O) groups is 2. The van der Waals surface area contributed by atoms with Gasteiger partial charge in [-0.3, -0.25) is 0 Å². The number of carboxylic acids is 1. The Morgan fingerprint density at radius 3 is 2.71 bits per heavy atom. The van der Waals surface area contributed by atoms with Crippen LogP contribution in [-0.4, -0.2) is 34.6 Å². The van der Waals surface area contributed by atoms with E-state index in [4.69, 9.17) is 5.11 Å². The van der Waals surface area contributed by atoms with Gasteiger partial charge in [0, 0.05) is 18.3 Å². The Balaban J connectivity index is 2.10. The molecule has 1 aromatic rings. The van der Waals surface area contributed by atoms with E-state index in [-0.39, 0.29) is 17.6 Å². The van der Waals surface area contributed by atoms with E-state index >= 15 is 0 Å². The van der Waals surface area contributed by atoms with Crippen LogP contribution >= 0.6 is 0 Å². The summed E-state index contributed by atoms with van der Waals surface area (Å²) in [6.07, 6.45) is 4.40. The number of nitrogens with one attached hydrogen (secondary N) is 1. The summed E-state index contributed by atoms with van der Waals surface area (Å²) in [4.78, 5) is 25.2. The lowest BCUT2D eigenvalue weighted by Gasteiger charge is -2.27. The predicted molar refractivity (Wildman–Crippen MR) is 81.8 cm³/mol. The fraction of sp³-hybridized carbons (Fsp3) is 0.500. The highest BCUT2D eigenvalue weighted by Crippen LogP contribution is 2.20. The van der Waals surface area contributed by atoms with Crippen LogP contribution in [0.4, 0.5) is 10.5 Å². The van der Waals surface area contributed by atoms with Gasteiger partial charge in [0.25, 0.3) is 0 Å². The molecule has 1 fully saturated rings. The molecule has 0 radical (unpaired) electrons. The number of hydrogen-bond donors (Lipinski definition) is 2. The number of benzene rings is 1. The van der Waals surface area contributed by atoms with E-state index in [9.17, 15) is 9.59 Å². The number of aromatic carboxylic acids is 1.